The summed E-state index contributed by atoms with van der Waals surface area (Å²) in [6.45, 7) is 1.17. The highest BCUT2D eigenvalue weighted by Gasteiger charge is 2.13. The first-order valence-corrected chi connectivity index (χ1v) is 6.69. The molecular formula is C13H25NO3. The van der Waals surface area contributed by atoms with Crippen LogP contribution in [0.3, 0.4) is 0 Å². The number of carbonyl (C=O) groups excluding carboxylic acids is 1. The average Bonchev–Trinajstić information content (AvgIpc) is 2.28. The molecule has 4 nitrogen and oxygen atoms in total. The van der Waals surface area contributed by atoms with Crippen LogP contribution < -0.4 is 5.32 Å². The predicted molar refractivity (Wildman–Crippen MR) is 66.9 cm³/mol. The molecule has 1 fully saturated rings. The lowest BCUT2D eigenvalue weighted by Crippen LogP contribution is -2.37. The van der Waals surface area contributed by atoms with Gasteiger partial charge in [0.1, 0.15) is 6.61 Å². The molecule has 1 aliphatic rings. The van der Waals surface area contributed by atoms with Gasteiger partial charge >= 0.3 is 0 Å². The lowest BCUT2D eigenvalue weighted by molar-refractivity contribution is -0.127. The first kappa shape index (κ1) is 14.5. The Morgan fingerprint density at radius 3 is 2.41 bits per heavy atom. The molecule has 0 atom stereocenters. The van der Waals surface area contributed by atoms with Gasteiger partial charge in [0.15, 0.2) is 0 Å². The van der Waals surface area contributed by atoms with E-state index < -0.39 is 0 Å². The van der Waals surface area contributed by atoms with Crippen molar-refractivity contribution in [1.29, 1.82) is 0 Å². The summed E-state index contributed by atoms with van der Waals surface area (Å²) in [5, 5.41) is 3.06. The molecule has 0 aromatic rings. The molecule has 0 aromatic carbocycles. The van der Waals surface area contributed by atoms with Crippen LogP contribution in [0.2, 0.25) is 0 Å². The van der Waals surface area contributed by atoms with Crippen molar-refractivity contribution in [3.63, 3.8) is 0 Å². The van der Waals surface area contributed by atoms with Crippen LogP contribution in [0.5, 0.6) is 0 Å². The van der Waals surface area contributed by atoms with Crippen molar-refractivity contribution >= 4 is 5.91 Å². The minimum Gasteiger partial charge on any atom is -0.382 e. The van der Waals surface area contributed by atoms with Gasteiger partial charge in [-0.15, -0.1) is 0 Å². The maximum Gasteiger partial charge on any atom is 0.246 e. The maximum absolute atomic E-state index is 11.6. The second kappa shape index (κ2) is 9.42. The number of ether oxygens (including phenoxy) is 2. The third-order valence-corrected chi connectivity index (χ3v) is 3.14. The van der Waals surface area contributed by atoms with Gasteiger partial charge < -0.3 is 14.8 Å². The second-order valence-electron chi connectivity index (χ2n) is 4.65. The van der Waals surface area contributed by atoms with Gasteiger partial charge in [0.2, 0.25) is 5.91 Å². The van der Waals surface area contributed by atoms with E-state index in [9.17, 15) is 4.79 Å². The lowest BCUT2D eigenvalue weighted by atomic mass is 9.97. The van der Waals surface area contributed by atoms with Crippen LogP contribution in [0.25, 0.3) is 0 Å². The molecule has 1 aliphatic carbocycles. The van der Waals surface area contributed by atoms with E-state index in [2.05, 4.69) is 5.32 Å². The zero-order valence-corrected chi connectivity index (χ0v) is 10.9. The van der Waals surface area contributed by atoms with Gasteiger partial charge in [-0.25, -0.2) is 0 Å². The summed E-state index contributed by atoms with van der Waals surface area (Å²) in [7, 11) is 1.62. The van der Waals surface area contributed by atoms with Crippen LogP contribution in [-0.2, 0) is 14.3 Å². The number of rotatable bonds is 6. The Balaban J connectivity index is 2.10. The van der Waals surface area contributed by atoms with Crippen molar-refractivity contribution in [3.8, 4) is 0 Å². The molecule has 1 N–H and O–H groups in total. The number of nitrogens with one attached hydrogen (secondary N) is 1. The maximum atomic E-state index is 11.6. The number of methoxy groups -OCH3 is 1. The minimum atomic E-state index is 0.00618. The molecule has 0 heterocycles. The van der Waals surface area contributed by atoms with Gasteiger partial charge in [0.25, 0.3) is 0 Å². The van der Waals surface area contributed by atoms with Gasteiger partial charge in [-0.3, -0.25) is 4.79 Å². The van der Waals surface area contributed by atoms with Gasteiger partial charge in [-0.1, -0.05) is 32.1 Å². The molecule has 0 aromatic heterocycles. The number of hydrogen-bond acceptors (Lipinski definition) is 3. The summed E-state index contributed by atoms with van der Waals surface area (Å²) in [4.78, 5) is 11.6. The van der Waals surface area contributed by atoms with E-state index in [0.29, 0.717) is 19.3 Å². The third-order valence-electron chi connectivity index (χ3n) is 3.14. The normalized spacial score (nSPS) is 18.4. The van der Waals surface area contributed by atoms with Crippen molar-refractivity contribution in [2.45, 2.75) is 51.0 Å². The summed E-state index contributed by atoms with van der Waals surface area (Å²) >= 11 is 0. The highest BCUT2D eigenvalue weighted by molar-refractivity contribution is 5.77. The number of amides is 1. The second-order valence-corrected chi connectivity index (χ2v) is 4.65. The largest absolute Gasteiger partial charge is 0.382 e. The Kier molecular flexibility index (Phi) is 8.01. The molecule has 17 heavy (non-hydrogen) atoms. The zero-order valence-electron chi connectivity index (χ0n) is 10.9. The SMILES string of the molecule is COCCOCC(=O)NC1CCCCCCC1. The highest BCUT2D eigenvalue weighted by Crippen LogP contribution is 2.16. The highest BCUT2D eigenvalue weighted by atomic mass is 16.5. The molecule has 1 saturated carbocycles. The Morgan fingerprint density at radius 2 is 1.76 bits per heavy atom. The molecule has 0 saturated heterocycles. The quantitative estimate of drug-likeness (QED) is 0.725. The molecule has 1 rings (SSSR count). The van der Waals surface area contributed by atoms with Crippen LogP contribution in [0.1, 0.15) is 44.9 Å². The fourth-order valence-corrected chi connectivity index (χ4v) is 2.18. The van der Waals surface area contributed by atoms with Crippen LogP contribution in [0.4, 0.5) is 0 Å². The molecule has 0 bridgehead atoms. The van der Waals surface area contributed by atoms with Crippen LogP contribution in [-0.4, -0.2) is 38.9 Å². The van der Waals surface area contributed by atoms with Crippen molar-refractivity contribution < 1.29 is 14.3 Å². The average molecular weight is 243 g/mol. The van der Waals surface area contributed by atoms with E-state index in [1.54, 1.807) is 7.11 Å². The summed E-state index contributed by atoms with van der Waals surface area (Å²) in [5.74, 6) is 0.00618. The minimum absolute atomic E-state index is 0.00618. The van der Waals surface area contributed by atoms with E-state index in [1.807, 2.05) is 0 Å². The fraction of sp³-hybridized carbons (Fsp3) is 0.923. The van der Waals surface area contributed by atoms with E-state index in [1.165, 1.54) is 32.1 Å². The predicted octanol–water partition coefficient (Wildman–Crippen LogP) is 1.88. The van der Waals surface area contributed by atoms with Crippen molar-refractivity contribution in [3.05, 3.63) is 0 Å². The van der Waals surface area contributed by atoms with E-state index >= 15 is 0 Å². The monoisotopic (exact) mass is 243 g/mol. The van der Waals surface area contributed by atoms with Crippen LogP contribution in [0.15, 0.2) is 0 Å². The summed E-state index contributed by atoms with van der Waals surface area (Å²) in [5.41, 5.74) is 0. The molecule has 4 heteroatoms. The van der Waals surface area contributed by atoms with Crippen LogP contribution in [0, 0.1) is 0 Å². The third kappa shape index (κ3) is 7.34. The summed E-state index contributed by atoms with van der Waals surface area (Å²) in [6.07, 6.45) is 8.65. The number of hydrogen-bond donors (Lipinski definition) is 1. The van der Waals surface area contributed by atoms with Crippen molar-refractivity contribution in [2.75, 3.05) is 26.9 Å². The summed E-state index contributed by atoms with van der Waals surface area (Å²) < 4.78 is 10.0. The smallest absolute Gasteiger partial charge is 0.246 e. The topological polar surface area (TPSA) is 47.6 Å². The van der Waals surface area contributed by atoms with Gasteiger partial charge in [0, 0.05) is 13.2 Å². The zero-order chi connectivity index (χ0) is 12.3. The fourth-order valence-electron chi connectivity index (χ4n) is 2.18. The summed E-state index contributed by atoms with van der Waals surface area (Å²) in [6, 6.07) is 0.355. The molecule has 100 valence electrons. The molecule has 0 radical (unpaired) electrons. The Hall–Kier alpha value is -0.610. The van der Waals surface area contributed by atoms with E-state index in [-0.39, 0.29) is 12.5 Å². The Labute approximate surface area is 104 Å². The number of carbonyl (C=O) groups is 1. The Morgan fingerprint density at radius 1 is 1.12 bits per heavy atom. The Bertz CT molecular complexity index is 201. The van der Waals surface area contributed by atoms with E-state index in [4.69, 9.17) is 9.47 Å². The van der Waals surface area contributed by atoms with Crippen LogP contribution >= 0.6 is 0 Å². The van der Waals surface area contributed by atoms with Crippen molar-refractivity contribution in [2.24, 2.45) is 0 Å². The van der Waals surface area contributed by atoms with Gasteiger partial charge in [-0.2, -0.15) is 0 Å². The van der Waals surface area contributed by atoms with Crippen molar-refractivity contribution in [1.82, 2.24) is 5.32 Å². The molecular weight excluding hydrogens is 218 g/mol. The standard InChI is InChI=1S/C13H25NO3/c1-16-9-10-17-11-13(15)14-12-7-5-3-2-4-6-8-12/h12H,2-11H2,1H3,(H,14,15). The molecule has 0 unspecified atom stereocenters. The van der Waals surface area contributed by atoms with Gasteiger partial charge in [0.05, 0.1) is 13.2 Å². The first-order valence-electron chi connectivity index (χ1n) is 6.69. The first-order chi connectivity index (χ1) is 8.33. The lowest BCUT2D eigenvalue weighted by Gasteiger charge is -2.20. The molecule has 0 spiro atoms. The molecule has 0 aliphatic heterocycles. The van der Waals surface area contributed by atoms with E-state index in [0.717, 1.165) is 12.8 Å². The molecule has 1 amide bonds. The van der Waals surface area contributed by atoms with Gasteiger partial charge in [-0.05, 0) is 12.8 Å².